The van der Waals surface area contributed by atoms with E-state index in [1.165, 1.54) is 205 Å². The van der Waals surface area contributed by atoms with Crippen LogP contribution < -0.4 is 0 Å². The van der Waals surface area contributed by atoms with Gasteiger partial charge in [0.1, 0.15) is 5.82 Å². The van der Waals surface area contributed by atoms with E-state index in [-0.39, 0.29) is 0 Å². The Morgan fingerprint density at radius 1 is 0.452 bits per heavy atom. The first-order chi connectivity index (χ1) is 20.7. The highest BCUT2D eigenvalue weighted by molar-refractivity contribution is 5.02. The summed E-state index contributed by atoms with van der Waals surface area (Å²) in [5.41, 5.74) is 0. The molecular formula is C40H78N2. The smallest absolute Gasteiger partial charge is 0.111 e. The second-order valence-electron chi connectivity index (χ2n) is 13.9. The summed E-state index contributed by atoms with van der Waals surface area (Å²) in [6.07, 6.45) is 48.2. The summed E-state index contributed by atoms with van der Waals surface area (Å²) in [6, 6.07) is 0.589. The predicted octanol–water partition coefficient (Wildman–Crippen LogP) is 14.7. The topological polar surface area (TPSA) is 17.8 Å². The summed E-state index contributed by atoms with van der Waals surface area (Å²) in [5, 5.41) is 0. The van der Waals surface area contributed by atoms with Gasteiger partial charge in [-0.2, -0.15) is 0 Å². The molecule has 42 heavy (non-hydrogen) atoms. The molecule has 0 bridgehead atoms. The molecule has 0 aromatic carbocycles. The number of hydrogen-bond donors (Lipinski definition) is 0. The molecule has 2 nitrogen and oxygen atoms in total. The van der Waals surface area contributed by atoms with Crippen molar-refractivity contribution < 1.29 is 0 Å². The monoisotopic (exact) mass is 587 g/mol. The Morgan fingerprint density at radius 3 is 1.12 bits per heavy atom. The van der Waals surface area contributed by atoms with Crippen LogP contribution in [0.15, 0.2) is 12.4 Å². The molecular weight excluding hydrogens is 508 g/mol. The Hall–Kier alpha value is -0.790. The van der Waals surface area contributed by atoms with Gasteiger partial charge in [-0.05, 0) is 26.2 Å². The van der Waals surface area contributed by atoms with Crippen LogP contribution in [-0.4, -0.2) is 9.55 Å². The SMILES string of the molecule is CCCCCCCCCCCCCCC(CCCCCCCCCCC)c1nccn1C(C)CCCCCCCCC. The number of hydrogen-bond acceptors (Lipinski definition) is 1. The molecule has 0 amide bonds. The van der Waals surface area contributed by atoms with Crippen molar-refractivity contribution in [2.75, 3.05) is 0 Å². The van der Waals surface area contributed by atoms with Gasteiger partial charge in [0.2, 0.25) is 0 Å². The van der Waals surface area contributed by atoms with Gasteiger partial charge in [-0.3, -0.25) is 0 Å². The van der Waals surface area contributed by atoms with Crippen LogP contribution in [0.3, 0.4) is 0 Å². The number of aromatic nitrogens is 2. The predicted molar refractivity (Wildman–Crippen MR) is 190 cm³/mol. The highest BCUT2D eigenvalue weighted by Crippen LogP contribution is 2.31. The van der Waals surface area contributed by atoms with Crippen molar-refractivity contribution in [3.05, 3.63) is 18.2 Å². The second kappa shape index (κ2) is 30.2. The third kappa shape index (κ3) is 21.8. The van der Waals surface area contributed by atoms with Gasteiger partial charge in [-0.25, -0.2) is 4.98 Å². The lowest BCUT2D eigenvalue weighted by atomic mass is 9.92. The molecule has 0 aliphatic heterocycles. The van der Waals surface area contributed by atoms with E-state index in [1.54, 1.807) is 0 Å². The van der Waals surface area contributed by atoms with Crippen LogP contribution in [0.25, 0.3) is 0 Å². The van der Waals surface area contributed by atoms with Crippen LogP contribution in [0.4, 0.5) is 0 Å². The Bertz CT molecular complexity index is 650. The van der Waals surface area contributed by atoms with Crippen molar-refractivity contribution in [3.8, 4) is 0 Å². The van der Waals surface area contributed by atoms with Crippen molar-refractivity contribution in [1.29, 1.82) is 0 Å². The van der Waals surface area contributed by atoms with Crippen LogP contribution in [0.2, 0.25) is 0 Å². The maximum atomic E-state index is 5.01. The lowest BCUT2D eigenvalue weighted by molar-refractivity contribution is 0.412. The number of nitrogens with zero attached hydrogens (tertiary/aromatic N) is 2. The summed E-state index contributed by atoms with van der Waals surface area (Å²) in [6.45, 7) is 9.38. The van der Waals surface area contributed by atoms with Crippen molar-refractivity contribution in [2.24, 2.45) is 0 Å². The first kappa shape index (κ1) is 39.2. The van der Waals surface area contributed by atoms with Crippen LogP contribution in [0, 0.1) is 0 Å². The lowest BCUT2D eigenvalue weighted by Gasteiger charge is -2.22. The average molecular weight is 587 g/mol. The third-order valence-electron chi connectivity index (χ3n) is 9.83. The van der Waals surface area contributed by atoms with Crippen LogP contribution in [0.5, 0.6) is 0 Å². The lowest BCUT2D eigenvalue weighted by Crippen LogP contribution is -2.13. The van der Waals surface area contributed by atoms with Crippen molar-refractivity contribution in [3.63, 3.8) is 0 Å². The van der Waals surface area contributed by atoms with E-state index in [1.807, 2.05) is 0 Å². The molecule has 0 saturated carbocycles. The molecule has 2 heteroatoms. The summed E-state index contributed by atoms with van der Waals surface area (Å²) in [5.74, 6) is 2.07. The largest absolute Gasteiger partial charge is 0.332 e. The molecule has 0 aliphatic carbocycles. The van der Waals surface area contributed by atoms with Crippen LogP contribution in [0.1, 0.15) is 245 Å². The Balaban J connectivity index is 2.43. The molecule has 0 fully saturated rings. The zero-order valence-electron chi connectivity index (χ0n) is 29.6. The molecule has 0 spiro atoms. The van der Waals surface area contributed by atoms with E-state index in [9.17, 15) is 0 Å². The molecule has 2 unspecified atom stereocenters. The molecule has 2 atom stereocenters. The normalized spacial score (nSPS) is 13.1. The molecule has 1 rings (SSSR count). The summed E-state index contributed by atoms with van der Waals surface area (Å²) >= 11 is 0. The van der Waals surface area contributed by atoms with Gasteiger partial charge in [0.05, 0.1) is 0 Å². The summed E-state index contributed by atoms with van der Waals surface area (Å²) in [4.78, 5) is 5.01. The fourth-order valence-corrected chi connectivity index (χ4v) is 6.89. The molecule has 0 aliphatic rings. The Morgan fingerprint density at radius 2 is 0.762 bits per heavy atom. The van der Waals surface area contributed by atoms with E-state index in [2.05, 4.69) is 44.7 Å². The average Bonchev–Trinajstić information content (AvgIpc) is 3.49. The van der Waals surface area contributed by atoms with E-state index < -0.39 is 0 Å². The second-order valence-corrected chi connectivity index (χ2v) is 13.9. The number of imidazole rings is 1. The van der Waals surface area contributed by atoms with E-state index >= 15 is 0 Å². The Kier molecular flexibility index (Phi) is 28.3. The maximum absolute atomic E-state index is 5.01. The van der Waals surface area contributed by atoms with E-state index in [0.29, 0.717) is 12.0 Å². The fourth-order valence-electron chi connectivity index (χ4n) is 6.89. The first-order valence-electron chi connectivity index (χ1n) is 19.8. The zero-order valence-corrected chi connectivity index (χ0v) is 29.6. The molecule has 0 saturated heterocycles. The van der Waals surface area contributed by atoms with Crippen molar-refractivity contribution >= 4 is 0 Å². The minimum atomic E-state index is 0.589. The minimum absolute atomic E-state index is 0.589. The molecule has 0 N–H and O–H groups in total. The highest BCUT2D eigenvalue weighted by Gasteiger charge is 2.19. The highest BCUT2D eigenvalue weighted by atomic mass is 15.1. The van der Waals surface area contributed by atoms with E-state index in [4.69, 9.17) is 4.98 Å². The van der Waals surface area contributed by atoms with Crippen molar-refractivity contribution in [2.45, 2.75) is 239 Å². The van der Waals surface area contributed by atoms with Gasteiger partial charge in [-0.15, -0.1) is 0 Å². The molecule has 1 aromatic heterocycles. The van der Waals surface area contributed by atoms with Gasteiger partial charge in [0.25, 0.3) is 0 Å². The van der Waals surface area contributed by atoms with Gasteiger partial charge in [0, 0.05) is 24.4 Å². The third-order valence-corrected chi connectivity index (χ3v) is 9.83. The molecule has 1 aromatic rings. The quantitative estimate of drug-likeness (QED) is 0.0749. The van der Waals surface area contributed by atoms with E-state index in [0.717, 1.165) is 0 Å². The fraction of sp³-hybridized carbons (Fsp3) is 0.925. The van der Waals surface area contributed by atoms with Gasteiger partial charge in [0.15, 0.2) is 0 Å². The summed E-state index contributed by atoms with van der Waals surface area (Å²) < 4.78 is 2.58. The number of rotatable bonds is 33. The van der Waals surface area contributed by atoms with Crippen LogP contribution >= 0.6 is 0 Å². The molecule has 0 radical (unpaired) electrons. The Labute approximate surface area is 266 Å². The minimum Gasteiger partial charge on any atom is -0.332 e. The molecule has 248 valence electrons. The van der Waals surface area contributed by atoms with Gasteiger partial charge in [-0.1, -0.05) is 201 Å². The number of unbranched alkanes of at least 4 members (excludes halogenated alkanes) is 25. The maximum Gasteiger partial charge on any atom is 0.111 e. The first-order valence-corrected chi connectivity index (χ1v) is 19.8. The van der Waals surface area contributed by atoms with Crippen molar-refractivity contribution in [1.82, 2.24) is 9.55 Å². The molecule has 1 heterocycles. The van der Waals surface area contributed by atoms with Crippen LogP contribution in [-0.2, 0) is 0 Å². The van der Waals surface area contributed by atoms with Gasteiger partial charge >= 0.3 is 0 Å². The summed E-state index contributed by atoms with van der Waals surface area (Å²) in [7, 11) is 0. The zero-order chi connectivity index (χ0) is 30.4. The standard InChI is InChI=1S/C40H78N2/c1-5-8-11-14-17-19-20-21-23-26-29-32-35-39(34-31-28-25-22-18-15-12-9-6-2)40-41-36-37-42(40)38(4)33-30-27-24-16-13-10-7-3/h36-39H,5-35H2,1-4H3. The van der Waals surface area contributed by atoms with Gasteiger partial charge < -0.3 is 4.57 Å².